The Morgan fingerprint density at radius 3 is 1.82 bits per heavy atom. The highest BCUT2D eigenvalue weighted by molar-refractivity contribution is 5.85. The van der Waals surface area contributed by atoms with E-state index in [1.54, 1.807) is 0 Å². The van der Waals surface area contributed by atoms with Gasteiger partial charge in [-0.25, -0.2) is 0 Å². The van der Waals surface area contributed by atoms with Crippen LogP contribution in [0.2, 0.25) is 0 Å². The molecule has 0 aliphatic carbocycles. The Hall–Kier alpha value is -0.580. The zero-order chi connectivity index (χ0) is 9.23. The van der Waals surface area contributed by atoms with E-state index >= 15 is 0 Å². The van der Waals surface area contributed by atoms with E-state index in [-0.39, 0.29) is 0 Å². The van der Waals surface area contributed by atoms with Gasteiger partial charge < -0.3 is 5.11 Å². The lowest BCUT2D eigenvalue weighted by Gasteiger charge is -2.14. The van der Waals surface area contributed by atoms with Gasteiger partial charge >= 0.3 is 6.18 Å². The van der Waals surface area contributed by atoms with Crippen molar-refractivity contribution in [2.75, 3.05) is 0 Å². The van der Waals surface area contributed by atoms with Crippen molar-refractivity contribution in [3.05, 3.63) is 0 Å². The average molecular weight is 170 g/mol. The van der Waals surface area contributed by atoms with E-state index < -0.39 is 24.0 Å². The molecular formula is C6H9F3O2. The summed E-state index contributed by atoms with van der Waals surface area (Å²) in [6, 6.07) is 0. The van der Waals surface area contributed by atoms with Gasteiger partial charge in [-0.05, 0) is 0 Å². The number of carbonyl (C=O) groups is 1. The molecule has 0 radical (unpaired) electrons. The topological polar surface area (TPSA) is 37.3 Å². The van der Waals surface area contributed by atoms with Crippen molar-refractivity contribution in [3.63, 3.8) is 0 Å². The molecule has 5 heteroatoms. The van der Waals surface area contributed by atoms with E-state index in [9.17, 15) is 18.0 Å². The highest BCUT2D eigenvalue weighted by Gasteiger charge is 2.43. The molecule has 0 rings (SSSR count). The Morgan fingerprint density at radius 1 is 1.36 bits per heavy atom. The van der Waals surface area contributed by atoms with Gasteiger partial charge in [-0.15, -0.1) is 0 Å². The van der Waals surface area contributed by atoms with Crippen molar-refractivity contribution < 1.29 is 23.1 Å². The lowest BCUT2D eigenvalue weighted by atomic mass is 10.0. The molecule has 0 spiro atoms. The maximum absolute atomic E-state index is 11.6. The number of halogens is 3. The Labute approximate surface area is 62.0 Å². The molecule has 0 aromatic rings. The van der Waals surface area contributed by atoms with E-state index in [4.69, 9.17) is 5.11 Å². The number of hydrogen-bond donors (Lipinski definition) is 1. The third kappa shape index (κ3) is 2.88. The van der Waals surface area contributed by atoms with Crippen LogP contribution in [0.3, 0.4) is 0 Å². The molecule has 0 bridgehead atoms. The summed E-state index contributed by atoms with van der Waals surface area (Å²) in [5.41, 5.74) is 0. The number of rotatable bonds is 2. The Bertz CT molecular complexity index is 150. The van der Waals surface area contributed by atoms with Gasteiger partial charge in [0, 0.05) is 5.92 Å². The zero-order valence-corrected chi connectivity index (χ0v) is 6.14. The molecule has 0 fully saturated rings. The molecule has 0 aromatic heterocycles. The van der Waals surface area contributed by atoms with Crippen LogP contribution in [0, 0.1) is 5.92 Å². The summed E-state index contributed by atoms with van der Waals surface area (Å²) in [5.74, 6) is -2.00. The van der Waals surface area contributed by atoms with Gasteiger partial charge in [-0.1, -0.05) is 13.8 Å². The van der Waals surface area contributed by atoms with Gasteiger partial charge in [0.25, 0.3) is 0 Å². The van der Waals surface area contributed by atoms with E-state index in [0.29, 0.717) is 0 Å². The normalized spacial score (nSPS) is 15.2. The highest BCUT2D eigenvalue weighted by atomic mass is 19.4. The lowest BCUT2D eigenvalue weighted by Crippen LogP contribution is -2.38. The standard InChI is InChI=1S/C6H9F3O2/c1-3(2)4(10)5(11)6(7,8)9/h3,5,11H,1-2H3. The summed E-state index contributed by atoms with van der Waals surface area (Å²) in [6.07, 6.45) is -7.66. The maximum Gasteiger partial charge on any atom is 0.421 e. The summed E-state index contributed by atoms with van der Waals surface area (Å²) < 4.78 is 34.8. The summed E-state index contributed by atoms with van der Waals surface area (Å²) in [6.45, 7) is 2.61. The molecule has 2 nitrogen and oxygen atoms in total. The number of Topliss-reactive ketones (excluding diaryl/α,β-unsaturated/α-hetero) is 1. The summed E-state index contributed by atoms with van der Waals surface area (Å²) in [7, 11) is 0. The van der Waals surface area contributed by atoms with Crippen molar-refractivity contribution in [3.8, 4) is 0 Å². The minimum atomic E-state index is -4.83. The van der Waals surface area contributed by atoms with Crippen LogP contribution in [0.1, 0.15) is 13.8 Å². The molecule has 0 heterocycles. The molecule has 0 aromatic carbocycles. The summed E-state index contributed by atoms with van der Waals surface area (Å²) in [4.78, 5) is 10.5. The highest BCUT2D eigenvalue weighted by Crippen LogP contribution is 2.22. The minimum absolute atomic E-state index is 0.799. The predicted molar refractivity (Wildman–Crippen MR) is 31.9 cm³/mol. The van der Waals surface area contributed by atoms with Gasteiger partial charge in [0.15, 0.2) is 5.78 Å². The third-order valence-electron chi connectivity index (χ3n) is 1.15. The first kappa shape index (κ1) is 10.4. The van der Waals surface area contributed by atoms with Crippen LogP contribution in [0.4, 0.5) is 13.2 Å². The number of aliphatic hydroxyl groups is 1. The fourth-order valence-corrected chi connectivity index (χ4v) is 0.477. The second-order valence-corrected chi connectivity index (χ2v) is 2.50. The molecule has 1 atom stereocenters. The fraction of sp³-hybridized carbons (Fsp3) is 0.833. The van der Waals surface area contributed by atoms with Crippen molar-refractivity contribution >= 4 is 5.78 Å². The molecule has 1 N–H and O–H groups in total. The molecule has 66 valence electrons. The summed E-state index contributed by atoms with van der Waals surface area (Å²) >= 11 is 0. The lowest BCUT2D eigenvalue weighted by molar-refractivity contribution is -0.205. The van der Waals surface area contributed by atoms with Crippen molar-refractivity contribution in [2.24, 2.45) is 5.92 Å². The van der Waals surface area contributed by atoms with Crippen molar-refractivity contribution in [2.45, 2.75) is 26.1 Å². The Morgan fingerprint density at radius 2 is 1.73 bits per heavy atom. The number of aliphatic hydroxyl groups excluding tert-OH is 1. The number of alkyl halides is 3. The van der Waals surface area contributed by atoms with E-state index in [2.05, 4.69) is 0 Å². The van der Waals surface area contributed by atoms with Crippen LogP contribution >= 0.6 is 0 Å². The van der Waals surface area contributed by atoms with Gasteiger partial charge in [-0.3, -0.25) is 4.79 Å². The first-order valence-corrected chi connectivity index (χ1v) is 3.05. The second-order valence-electron chi connectivity index (χ2n) is 2.50. The van der Waals surface area contributed by atoms with Crippen LogP contribution < -0.4 is 0 Å². The quantitative estimate of drug-likeness (QED) is 0.674. The molecular weight excluding hydrogens is 161 g/mol. The first-order chi connectivity index (χ1) is 4.76. The van der Waals surface area contributed by atoms with Crippen LogP contribution in [-0.2, 0) is 4.79 Å². The number of carbonyl (C=O) groups excluding carboxylic acids is 1. The molecule has 1 unspecified atom stereocenters. The monoisotopic (exact) mass is 170 g/mol. The van der Waals surface area contributed by atoms with E-state index in [1.807, 2.05) is 0 Å². The van der Waals surface area contributed by atoms with Crippen LogP contribution in [0.15, 0.2) is 0 Å². The average Bonchev–Trinajstić information content (AvgIpc) is 1.82. The largest absolute Gasteiger partial charge is 0.421 e. The second kappa shape index (κ2) is 3.21. The van der Waals surface area contributed by atoms with E-state index in [1.165, 1.54) is 13.8 Å². The number of ketones is 1. The smallest absolute Gasteiger partial charge is 0.377 e. The molecule has 0 aliphatic heterocycles. The van der Waals surface area contributed by atoms with Crippen molar-refractivity contribution in [1.29, 1.82) is 0 Å². The Kier molecular flexibility index (Phi) is 3.04. The SMILES string of the molecule is CC(C)C(=O)C(O)C(F)(F)F. The van der Waals surface area contributed by atoms with Crippen LogP contribution in [-0.4, -0.2) is 23.2 Å². The predicted octanol–water partition coefficient (Wildman–Crippen LogP) is 1.13. The molecule has 0 aliphatic rings. The first-order valence-electron chi connectivity index (χ1n) is 3.05. The maximum atomic E-state index is 11.6. The summed E-state index contributed by atoms with van der Waals surface area (Å²) in [5, 5.41) is 8.35. The molecule has 0 amide bonds. The third-order valence-corrected chi connectivity index (χ3v) is 1.15. The van der Waals surface area contributed by atoms with Gasteiger partial charge in [0.1, 0.15) is 0 Å². The fourth-order valence-electron chi connectivity index (χ4n) is 0.477. The minimum Gasteiger partial charge on any atom is -0.377 e. The van der Waals surface area contributed by atoms with E-state index in [0.717, 1.165) is 0 Å². The zero-order valence-electron chi connectivity index (χ0n) is 6.14. The molecule has 11 heavy (non-hydrogen) atoms. The van der Waals surface area contributed by atoms with Gasteiger partial charge in [0.2, 0.25) is 6.10 Å². The van der Waals surface area contributed by atoms with Gasteiger partial charge in [-0.2, -0.15) is 13.2 Å². The van der Waals surface area contributed by atoms with Crippen molar-refractivity contribution in [1.82, 2.24) is 0 Å². The van der Waals surface area contributed by atoms with Crippen LogP contribution in [0.25, 0.3) is 0 Å². The molecule has 0 saturated heterocycles. The molecule has 0 saturated carbocycles. The van der Waals surface area contributed by atoms with Gasteiger partial charge in [0.05, 0.1) is 0 Å². The van der Waals surface area contributed by atoms with Crippen LogP contribution in [0.5, 0.6) is 0 Å². The number of hydrogen-bond acceptors (Lipinski definition) is 2. The Balaban J connectivity index is 4.26.